The van der Waals surface area contributed by atoms with Gasteiger partial charge in [0, 0.05) is 25.9 Å². The van der Waals surface area contributed by atoms with Gasteiger partial charge in [-0.3, -0.25) is 14.5 Å². The summed E-state index contributed by atoms with van der Waals surface area (Å²) < 4.78 is 11.0. The number of nitrogens with one attached hydrogen (secondary N) is 1. The summed E-state index contributed by atoms with van der Waals surface area (Å²) in [4.78, 5) is 25.7. The number of benzene rings is 1. The van der Waals surface area contributed by atoms with E-state index in [1.807, 2.05) is 45.9 Å². The molecule has 1 aromatic rings. The molecule has 0 radical (unpaired) electrons. The molecular weight excluding hydrogens is 296 g/mol. The van der Waals surface area contributed by atoms with Gasteiger partial charge in [-0.15, -0.1) is 0 Å². The van der Waals surface area contributed by atoms with Crippen LogP contribution in [0.4, 0.5) is 5.69 Å². The number of aryl methyl sites for hydroxylation is 1. The summed E-state index contributed by atoms with van der Waals surface area (Å²) in [5, 5.41) is 2.37. The van der Waals surface area contributed by atoms with Crippen molar-refractivity contribution < 1.29 is 19.1 Å². The molecule has 1 aromatic carbocycles. The van der Waals surface area contributed by atoms with Crippen LogP contribution in [0.3, 0.4) is 0 Å². The third-order valence-electron chi connectivity index (χ3n) is 3.57. The first-order chi connectivity index (χ1) is 11.0. The number of likely N-dealkylation sites (N-methyl/N-ethyl adjacent to an activating group) is 1. The third-order valence-corrected chi connectivity index (χ3v) is 3.57. The lowest BCUT2D eigenvalue weighted by molar-refractivity contribution is -0.142. The van der Waals surface area contributed by atoms with Crippen molar-refractivity contribution in [2.45, 2.75) is 34.0 Å². The lowest BCUT2D eigenvalue weighted by Gasteiger charge is -2.28. The Morgan fingerprint density at radius 2 is 1.78 bits per heavy atom. The average Bonchev–Trinajstić information content (AvgIpc) is 2.54. The van der Waals surface area contributed by atoms with E-state index in [-0.39, 0.29) is 6.54 Å². The van der Waals surface area contributed by atoms with Crippen LogP contribution >= 0.6 is 0 Å². The molecule has 23 heavy (non-hydrogen) atoms. The van der Waals surface area contributed by atoms with E-state index in [4.69, 9.17) is 9.47 Å². The molecule has 1 rings (SSSR count). The van der Waals surface area contributed by atoms with Crippen LogP contribution in [0.25, 0.3) is 0 Å². The molecule has 0 fully saturated rings. The van der Waals surface area contributed by atoms with Crippen LogP contribution in [0.2, 0.25) is 0 Å². The second-order valence-electron chi connectivity index (χ2n) is 5.05. The number of anilines is 1. The SMILES string of the molecule is CCOC(CN(C(=O)C(=O)NC)c1cccc(C)c1C)OCC. The molecule has 0 saturated carbocycles. The van der Waals surface area contributed by atoms with Gasteiger partial charge in [0.2, 0.25) is 0 Å². The molecule has 0 unspecified atom stereocenters. The van der Waals surface area contributed by atoms with Gasteiger partial charge in [0.25, 0.3) is 0 Å². The lowest BCUT2D eigenvalue weighted by Crippen LogP contribution is -2.46. The second-order valence-corrected chi connectivity index (χ2v) is 5.05. The first kappa shape index (κ1) is 19.1. The van der Waals surface area contributed by atoms with Gasteiger partial charge in [0.1, 0.15) is 0 Å². The highest BCUT2D eigenvalue weighted by atomic mass is 16.7. The van der Waals surface area contributed by atoms with Crippen LogP contribution in [0.5, 0.6) is 0 Å². The zero-order valence-electron chi connectivity index (χ0n) is 14.5. The maximum Gasteiger partial charge on any atom is 0.316 e. The standard InChI is InChI=1S/C17H26N2O4/c1-6-22-15(23-7-2)11-19(17(21)16(20)18-5)14-10-8-9-12(3)13(14)4/h8-10,15H,6-7,11H2,1-5H3,(H,18,20). The number of amides is 2. The Morgan fingerprint density at radius 3 is 2.30 bits per heavy atom. The molecule has 0 aromatic heterocycles. The van der Waals surface area contributed by atoms with E-state index in [0.29, 0.717) is 18.9 Å². The number of nitrogens with zero attached hydrogens (tertiary/aromatic N) is 1. The fraction of sp³-hybridized carbons (Fsp3) is 0.529. The molecule has 1 N–H and O–H groups in total. The van der Waals surface area contributed by atoms with Gasteiger partial charge in [0.05, 0.1) is 6.54 Å². The fourth-order valence-corrected chi connectivity index (χ4v) is 2.22. The Labute approximate surface area is 137 Å². The van der Waals surface area contributed by atoms with Gasteiger partial charge >= 0.3 is 11.8 Å². The van der Waals surface area contributed by atoms with Crippen molar-refractivity contribution in [2.75, 3.05) is 31.7 Å². The van der Waals surface area contributed by atoms with Crippen molar-refractivity contribution in [3.05, 3.63) is 29.3 Å². The number of carbonyl (C=O) groups is 2. The monoisotopic (exact) mass is 322 g/mol. The molecule has 0 atom stereocenters. The van der Waals surface area contributed by atoms with Crippen LogP contribution in [0.1, 0.15) is 25.0 Å². The Morgan fingerprint density at radius 1 is 1.17 bits per heavy atom. The molecule has 128 valence electrons. The van der Waals surface area contributed by atoms with Crippen LogP contribution in [-0.4, -0.2) is 44.9 Å². The third kappa shape index (κ3) is 5.04. The van der Waals surface area contributed by atoms with Gasteiger partial charge in [0.15, 0.2) is 6.29 Å². The van der Waals surface area contributed by atoms with E-state index in [1.165, 1.54) is 11.9 Å². The normalized spacial score (nSPS) is 10.7. The van der Waals surface area contributed by atoms with Crippen molar-refractivity contribution in [2.24, 2.45) is 0 Å². The quantitative estimate of drug-likeness (QED) is 0.614. The minimum Gasteiger partial charge on any atom is -0.351 e. The Kier molecular flexibility index (Phi) is 7.71. The summed E-state index contributed by atoms with van der Waals surface area (Å²) in [5.74, 6) is -1.30. The summed E-state index contributed by atoms with van der Waals surface area (Å²) in [7, 11) is 1.43. The molecule has 0 heterocycles. The van der Waals surface area contributed by atoms with Crippen molar-refractivity contribution in [1.29, 1.82) is 0 Å². The lowest BCUT2D eigenvalue weighted by atomic mass is 10.1. The highest BCUT2D eigenvalue weighted by Gasteiger charge is 2.27. The zero-order valence-corrected chi connectivity index (χ0v) is 14.5. The molecule has 2 amide bonds. The van der Waals surface area contributed by atoms with Crippen molar-refractivity contribution in [3.8, 4) is 0 Å². The Bertz CT molecular complexity index is 539. The maximum absolute atomic E-state index is 12.5. The van der Waals surface area contributed by atoms with E-state index >= 15 is 0 Å². The van der Waals surface area contributed by atoms with Crippen LogP contribution < -0.4 is 10.2 Å². The molecule has 0 spiro atoms. The average molecular weight is 322 g/mol. The Hall–Kier alpha value is -1.92. The minimum absolute atomic E-state index is 0.151. The van der Waals surface area contributed by atoms with Crippen molar-refractivity contribution in [3.63, 3.8) is 0 Å². The predicted octanol–water partition coefficient (Wildman–Crippen LogP) is 1.78. The molecule has 6 heteroatoms. The summed E-state index contributed by atoms with van der Waals surface area (Å²) in [6.07, 6.45) is -0.585. The second kappa shape index (κ2) is 9.27. The van der Waals surface area contributed by atoms with E-state index in [1.54, 1.807) is 0 Å². The largest absolute Gasteiger partial charge is 0.351 e. The van der Waals surface area contributed by atoms with E-state index in [9.17, 15) is 9.59 Å². The van der Waals surface area contributed by atoms with Gasteiger partial charge in [-0.25, -0.2) is 0 Å². The molecule has 0 aliphatic rings. The van der Waals surface area contributed by atoms with Crippen LogP contribution in [0, 0.1) is 13.8 Å². The van der Waals surface area contributed by atoms with Gasteiger partial charge in [-0.1, -0.05) is 12.1 Å². The predicted molar refractivity (Wildman–Crippen MR) is 89.4 cm³/mol. The van der Waals surface area contributed by atoms with Crippen molar-refractivity contribution in [1.82, 2.24) is 5.32 Å². The summed E-state index contributed by atoms with van der Waals surface area (Å²) in [5.41, 5.74) is 2.67. The molecule has 0 saturated heterocycles. The molecule has 6 nitrogen and oxygen atoms in total. The van der Waals surface area contributed by atoms with Gasteiger partial charge < -0.3 is 14.8 Å². The first-order valence-corrected chi connectivity index (χ1v) is 7.79. The smallest absolute Gasteiger partial charge is 0.316 e. The van der Waals surface area contributed by atoms with Gasteiger partial charge in [-0.05, 0) is 44.9 Å². The highest BCUT2D eigenvalue weighted by Crippen LogP contribution is 2.23. The van der Waals surface area contributed by atoms with Gasteiger partial charge in [-0.2, -0.15) is 0 Å². The molecule has 0 bridgehead atoms. The highest BCUT2D eigenvalue weighted by molar-refractivity contribution is 6.40. The van der Waals surface area contributed by atoms with E-state index in [0.717, 1.165) is 11.1 Å². The summed E-state index contributed by atoms with van der Waals surface area (Å²) >= 11 is 0. The minimum atomic E-state index is -0.669. The number of hydrogen-bond acceptors (Lipinski definition) is 4. The number of carbonyl (C=O) groups excluding carboxylic acids is 2. The number of hydrogen-bond donors (Lipinski definition) is 1. The van der Waals surface area contributed by atoms with E-state index < -0.39 is 18.1 Å². The Balaban J connectivity index is 3.18. The molecule has 0 aliphatic heterocycles. The number of rotatable bonds is 7. The van der Waals surface area contributed by atoms with Crippen LogP contribution in [0.15, 0.2) is 18.2 Å². The van der Waals surface area contributed by atoms with E-state index in [2.05, 4.69) is 5.32 Å². The topological polar surface area (TPSA) is 67.9 Å². The molecule has 0 aliphatic carbocycles. The summed E-state index contributed by atoms with van der Waals surface area (Å²) in [6.45, 7) is 8.66. The number of ether oxygens (including phenoxy) is 2. The fourth-order valence-electron chi connectivity index (χ4n) is 2.22. The van der Waals surface area contributed by atoms with Crippen molar-refractivity contribution >= 4 is 17.5 Å². The maximum atomic E-state index is 12.5. The summed E-state index contributed by atoms with van der Waals surface area (Å²) in [6, 6.07) is 5.64. The first-order valence-electron chi connectivity index (χ1n) is 7.79. The molecular formula is C17H26N2O4. The van der Waals surface area contributed by atoms with Crippen LogP contribution in [-0.2, 0) is 19.1 Å². The zero-order chi connectivity index (χ0) is 17.4.